The Morgan fingerprint density at radius 3 is 2.44 bits per heavy atom. The first-order valence-electron chi connectivity index (χ1n) is 10.7. The predicted molar refractivity (Wildman–Crippen MR) is 125 cm³/mol. The van der Waals surface area contributed by atoms with Gasteiger partial charge in [0.25, 0.3) is 5.91 Å². The number of imidazole rings is 1. The lowest BCUT2D eigenvalue weighted by Crippen LogP contribution is -2.29. The number of ether oxygens (including phenoxy) is 2. The highest BCUT2D eigenvalue weighted by Gasteiger charge is 2.19. The number of aryl methyl sites for hydroxylation is 1. The molecule has 0 radical (unpaired) electrons. The van der Waals surface area contributed by atoms with E-state index in [4.69, 9.17) is 14.5 Å². The molecule has 3 aromatic carbocycles. The molecule has 4 rings (SSSR count). The number of methoxy groups -OCH3 is 1. The maximum absolute atomic E-state index is 12.7. The Labute approximate surface area is 187 Å². The Morgan fingerprint density at radius 1 is 1.00 bits per heavy atom. The van der Waals surface area contributed by atoms with E-state index in [0.29, 0.717) is 30.2 Å². The molecule has 4 aromatic rings. The molecule has 0 saturated carbocycles. The molecule has 1 amide bonds. The SMILES string of the molecule is COc1ccccc1OCCn1c(C(C)NC(=O)c2ccc(C)cc2)nc2ccccc21. The molecule has 0 aliphatic carbocycles. The summed E-state index contributed by atoms with van der Waals surface area (Å²) in [6.07, 6.45) is 0. The van der Waals surface area contributed by atoms with Crippen molar-refractivity contribution in [3.05, 3.63) is 89.7 Å². The van der Waals surface area contributed by atoms with Gasteiger partial charge in [-0.25, -0.2) is 4.98 Å². The number of carbonyl (C=O) groups is 1. The molecule has 1 atom stereocenters. The third-order valence-electron chi connectivity index (χ3n) is 5.37. The van der Waals surface area contributed by atoms with Crippen molar-refractivity contribution in [1.29, 1.82) is 0 Å². The van der Waals surface area contributed by atoms with Crippen molar-refractivity contribution in [1.82, 2.24) is 14.9 Å². The van der Waals surface area contributed by atoms with Crippen LogP contribution in [0.25, 0.3) is 11.0 Å². The molecule has 1 heterocycles. The van der Waals surface area contributed by atoms with Crippen LogP contribution in [-0.4, -0.2) is 29.2 Å². The molecule has 0 aliphatic heterocycles. The molecule has 0 fully saturated rings. The number of rotatable bonds is 8. The number of nitrogens with zero attached hydrogens (tertiary/aromatic N) is 2. The third-order valence-corrected chi connectivity index (χ3v) is 5.37. The lowest BCUT2D eigenvalue weighted by Gasteiger charge is -2.17. The standard InChI is InChI=1S/C26H27N3O3/c1-18-12-14-20(15-13-18)26(30)27-19(2)25-28-21-8-4-5-9-22(21)29(25)16-17-32-24-11-7-6-10-23(24)31-3/h4-15,19H,16-17H2,1-3H3,(H,27,30). The Balaban J connectivity index is 1.54. The van der Waals surface area contributed by atoms with Crippen LogP contribution in [0.4, 0.5) is 0 Å². The number of carbonyl (C=O) groups excluding carboxylic acids is 1. The summed E-state index contributed by atoms with van der Waals surface area (Å²) in [5.41, 5.74) is 3.63. The van der Waals surface area contributed by atoms with Gasteiger partial charge in [0.1, 0.15) is 12.4 Å². The van der Waals surface area contributed by atoms with Crippen LogP contribution in [-0.2, 0) is 6.54 Å². The number of aromatic nitrogens is 2. The van der Waals surface area contributed by atoms with Crippen molar-refractivity contribution in [2.75, 3.05) is 13.7 Å². The summed E-state index contributed by atoms with van der Waals surface area (Å²) in [4.78, 5) is 17.5. The van der Waals surface area contributed by atoms with Gasteiger partial charge in [-0.05, 0) is 50.2 Å². The number of hydrogen-bond acceptors (Lipinski definition) is 4. The summed E-state index contributed by atoms with van der Waals surface area (Å²) >= 11 is 0. The maximum atomic E-state index is 12.7. The number of nitrogens with one attached hydrogen (secondary N) is 1. The minimum absolute atomic E-state index is 0.124. The van der Waals surface area contributed by atoms with Crippen LogP contribution >= 0.6 is 0 Å². The predicted octanol–water partition coefficient (Wildman–Crippen LogP) is 4.92. The smallest absolute Gasteiger partial charge is 0.251 e. The second-order valence-electron chi connectivity index (χ2n) is 7.67. The van der Waals surface area contributed by atoms with Crippen LogP contribution in [0.15, 0.2) is 72.8 Å². The lowest BCUT2D eigenvalue weighted by atomic mass is 10.1. The first kappa shape index (κ1) is 21.4. The van der Waals surface area contributed by atoms with Gasteiger partial charge in [-0.1, -0.05) is 42.0 Å². The fourth-order valence-electron chi connectivity index (χ4n) is 3.69. The maximum Gasteiger partial charge on any atom is 0.251 e. The van der Waals surface area contributed by atoms with Crippen molar-refractivity contribution < 1.29 is 14.3 Å². The van der Waals surface area contributed by atoms with E-state index < -0.39 is 0 Å². The van der Waals surface area contributed by atoms with E-state index in [1.807, 2.05) is 86.6 Å². The monoisotopic (exact) mass is 429 g/mol. The molecule has 6 heteroatoms. The molecule has 1 unspecified atom stereocenters. The number of amides is 1. The molecule has 1 N–H and O–H groups in total. The van der Waals surface area contributed by atoms with E-state index >= 15 is 0 Å². The Hall–Kier alpha value is -3.80. The van der Waals surface area contributed by atoms with Gasteiger partial charge in [0.2, 0.25) is 0 Å². The van der Waals surface area contributed by atoms with E-state index in [0.717, 1.165) is 22.4 Å². The van der Waals surface area contributed by atoms with Gasteiger partial charge in [-0.2, -0.15) is 0 Å². The summed E-state index contributed by atoms with van der Waals surface area (Å²) in [6.45, 7) is 4.97. The number of fused-ring (bicyclic) bond motifs is 1. The average Bonchev–Trinajstić information content (AvgIpc) is 3.18. The topological polar surface area (TPSA) is 65.4 Å². The van der Waals surface area contributed by atoms with Gasteiger partial charge in [-0.15, -0.1) is 0 Å². The largest absolute Gasteiger partial charge is 0.493 e. The fourth-order valence-corrected chi connectivity index (χ4v) is 3.69. The molecular formula is C26H27N3O3. The van der Waals surface area contributed by atoms with Crippen molar-refractivity contribution in [2.45, 2.75) is 26.4 Å². The molecular weight excluding hydrogens is 402 g/mol. The quantitative estimate of drug-likeness (QED) is 0.432. The van der Waals surface area contributed by atoms with Crippen molar-refractivity contribution in [2.24, 2.45) is 0 Å². The van der Waals surface area contributed by atoms with E-state index in [1.165, 1.54) is 0 Å². The van der Waals surface area contributed by atoms with Gasteiger partial charge < -0.3 is 19.4 Å². The summed E-state index contributed by atoms with van der Waals surface area (Å²) in [5, 5.41) is 3.08. The second kappa shape index (κ2) is 9.56. The zero-order chi connectivity index (χ0) is 22.5. The van der Waals surface area contributed by atoms with E-state index in [1.54, 1.807) is 7.11 Å². The number of para-hydroxylation sites is 4. The Kier molecular flexibility index (Phi) is 6.40. The summed E-state index contributed by atoms with van der Waals surface area (Å²) in [5.74, 6) is 2.06. The minimum Gasteiger partial charge on any atom is -0.493 e. The molecule has 164 valence electrons. The second-order valence-corrected chi connectivity index (χ2v) is 7.67. The van der Waals surface area contributed by atoms with Crippen LogP contribution in [0, 0.1) is 6.92 Å². The molecule has 0 bridgehead atoms. The zero-order valence-corrected chi connectivity index (χ0v) is 18.5. The van der Waals surface area contributed by atoms with Gasteiger partial charge >= 0.3 is 0 Å². The Bertz CT molecular complexity index is 1210. The van der Waals surface area contributed by atoms with E-state index in [2.05, 4.69) is 9.88 Å². The zero-order valence-electron chi connectivity index (χ0n) is 18.5. The first-order valence-corrected chi connectivity index (χ1v) is 10.7. The Morgan fingerprint density at radius 2 is 1.69 bits per heavy atom. The summed E-state index contributed by atoms with van der Waals surface area (Å²) in [6, 6.07) is 22.8. The lowest BCUT2D eigenvalue weighted by molar-refractivity contribution is 0.0937. The molecule has 0 aliphatic rings. The van der Waals surface area contributed by atoms with Crippen LogP contribution in [0.5, 0.6) is 11.5 Å². The van der Waals surface area contributed by atoms with Crippen LogP contribution in [0.2, 0.25) is 0 Å². The highest BCUT2D eigenvalue weighted by atomic mass is 16.5. The molecule has 32 heavy (non-hydrogen) atoms. The fraction of sp³-hybridized carbons (Fsp3) is 0.231. The van der Waals surface area contributed by atoms with Gasteiger partial charge in [0, 0.05) is 5.56 Å². The van der Waals surface area contributed by atoms with E-state index in [-0.39, 0.29) is 11.9 Å². The van der Waals surface area contributed by atoms with Gasteiger partial charge in [0.05, 0.1) is 30.7 Å². The normalized spacial score (nSPS) is 11.8. The van der Waals surface area contributed by atoms with Crippen molar-refractivity contribution in [3.63, 3.8) is 0 Å². The van der Waals surface area contributed by atoms with E-state index in [9.17, 15) is 4.79 Å². The highest BCUT2D eigenvalue weighted by Crippen LogP contribution is 2.26. The van der Waals surface area contributed by atoms with Crippen LogP contribution < -0.4 is 14.8 Å². The summed E-state index contributed by atoms with van der Waals surface area (Å²) < 4.78 is 13.5. The van der Waals surface area contributed by atoms with Crippen LogP contribution in [0.1, 0.15) is 34.7 Å². The third kappa shape index (κ3) is 4.59. The number of hydrogen-bond donors (Lipinski definition) is 1. The molecule has 0 spiro atoms. The van der Waals surface area contributed by atoms with Crippen molar-refractivity contribution >= 4 is 16.9 Å². The highest BCUT2D eigenvalue weighted by molar-refractivity contribution is 5.94. The molecule has 6 nitrogen and oxygen atoms in total. The minimum atomic E-state index is -0.275. The van der Waals surface area contributed by atoms with Gasteiger partial charge in [0.15, 0.2) is 11.5 Å². The first-order chi connectivity index (χ1) is 15.6. The molecule has 1 aromatic heterocycles. The average molecular weight is 430 g/mol. The van der Waals surface area contributed by atoms with Crippen LogP contribution in [0.3, 0.4) is 0 Å². The van der Waals surface area contributed by atoms with Gasteiger partial charge in [-0.3, -0.25) is 4.79 Å². The van der Waals surface area contributed by atoms with Crippen molar-refractivity contribution in [3.8, 4) is 11.5 Å². The summed E-state index contributed by atoms with van der Waals surface area (Å²) in [7, 11) is 1.63. The molecule has 0 saturated heterocycles. The number of benzene rings is 3.